The zero-order valence-electron chi connectivity index (χ0n) is 16.8. The second kappa shape index (κ2) is 9.80. The largest absolute Gasteiger partial charge is 0.462 e. The van der Waals surface area contributed by atoms with Gasteiger partial charge in [0.05, 0.1) is 24.1 Å². The van der Waals surface area contributed by atoms with Crippen molar-refractivity contribution in [1.29, 1.82) is 0 Å². The molecular weight excluding hydrogens is 402 g/mol. The van der Waals surface area contributed by atoms with Crippen LogP contribution in [0.4, 0.5) is 5.13 Å². The molecule has 7 nitrogen and oxygen atoms in total. The van der Waals surface area contributed by atoms with Crippen LogP contribution in [0.1, 0.15) is 43.8 Å². The van der Waals surface area contributed by atoms with Crippen LogP contribution in [-0.4, -0.2) is 29.7 Å². The normalized spacial score (nSPS) is 10.8. The lowest BCUT2D eigenvalue weighted by molar-refractivity contribution is 0.0530. The van der Waals surface area contributed by atoms with E-state index >= 15 is 0 Å². The summed E-state index contributed by atoms with van der Waals surface area (Å²) in [6.45, 7) is 5.73. The lowest BCUT2D eigenvalue weighted by Crippen LogP contribution is -2.08. The third kappa shape index (κ3) is 5.51. The highest BCUT2D eigenvalue weighted by atomic mass is 32.1. The number of thiazole rings is 1. The van der Waals surface area contributed by atoms with Crippen LogP contribution in [0.15, 0.2) is 53.6 Å². The Balaban J connectivity index is 1.58. The van der Waals surface area contributed by atoms with E-state index in [9.17, 15) is 9.59 Å². The summed E-state index contributed by atoms with van der Waals surface area (Å²) < 4.78 is 10.4. The van der Waals surface area contributed by atoms with E-state index in [1.807, 2.05) is 19.1 Å². The number of anilines is 1. The first kappa shape index (κ1) is 21.2. The average Bonchev–Trinajstić information content (AvgIpc) is 3.10. The monoisotopic (exact) mass is 423 g/mol. The van der Waals surface area contributed by atoms with E-state index in [0.717, 1.165) is 11.1 Å². The highest BCUT2D eigenvalue weighted by Crippen LogP contribution is 2.23. The number of hydrazone groups is 1. The fourth-order valence-corrected chi connectivity index (χ4v) is 3.36. The Bertz CT molecular complexity index is 1070. The van der Waals surface area contributed by atoms with E-state index in [0.29, 0.717) is 33.6 Å². The predicted molar refractivity (Wildman–Crippen MR) is 117 cm³/mol. The molecule has 0 fully saturated rings. The molecule has 154 valence electrons. The number of esters is 2. The standard InChI is InChI=1S/C22H21N3O4S/c1-4-28-21(27)19-15(3)24-22(30-19)25-23-13-16-8-10-18(11-9-16)29-20(26)17-7-5-6-14(2)12-17/h5-13H,4H2,1-3H3,(H,24,25)/b23-13-. The Hall–Kier alpha value is -3.52. The maximum absolute atomic E-state index is 12.2. The minimum absolute atomic E-state index is 0.313. The van der Waals surface area contributed by atoms with Crippen molar-refractivity contribution in [2.24, 2.45) is 5.10 Å². The molecule has 0 spiro atoms. The lowest BCUT2D eigenvalue weighted by Gasteiger charge is -2.05. The van der Waals surface area contributed by atoms with Crippen LogP contribution < -0.4 is 10.2 Å². The van der Waals surface area contributed by atoms with Gasteiger partial charge in [0.1, 0.15) is 10.6 Å². The van der Waals surface area contributed by atoms with Crippen molar-refractivity contribution in [1.82, 2.24) is 4.98 Å². The number of hydrogen-bond donors (Lipinski definition) is 1. The Kier molecular flexibility index (Phi) is 6.92. The van der Waals surface area contributed by atoms with Crippen molar-refractivity contribution in [2.45, 2.75) is 20.8 Å². The summed E-state index contributed by atoms with van der Waals surface area (Å²) in [6, 6.07) is 14.2. The number of aryl methyl sites for hydroxylation is 2. The molecule has 0 saturated carbocycles. The number of carbonyl (C=O) groups excluding carboxylic acids is 2. The van der Waals surface area contributed by atoms with Crippen LogP contribution in [0, 0.1) is 13.8 Å². The Morgan fingerprint density at radius 1 is 1.13 bits per heavy atom. The molecule has 0 atom stereocenters. The molecule has 8 heteroatoms. The van der Waals surface area contributed by atoms with Gasteiger partial charge in [0.2, 0.25) is 5.13 Å². The third-order valence-corrected chi connectivity index (χ3v) is 5.02. The molecule has 3 rings (SSSR count). The highest BCUT2D eigenvalue weighted by Gasteiger charge is 2.16. The van der Waals surface area contributed by atoms with Crippen LogP contribution in [0.5, 0.6) is 5.75 Å². The lowest BCUT2D eigenvalue weighted by atomic mass is 10.1. The number of carbonyl (C=O) groups is 2. The summed E-state index contributed by atoms with van der Waals surface area (Å²) in [6.07, 6.45) is 1.60. The molecule has 0 aliphatic rings. The van der Waals surface area contributed by atoms with E-state index in [2.05, 4.69) is 15.5 Å². The summed E-state index contributed by atoms with van der Waals surface area (Å²) in [5.41, 5.74) is 5.70. The van der Waals surface area contributed by atoms with Gasteiger partial charge in [-0.15, -0.1) is 0 Å². The van der Waals surface area contributed by atoms with E-state index in [1.165, 1.54) is 11.3 Å². The predicted octanol–water partition coefficient (Wildman–Crippen LogP) is 4.60. The number of rotatable bonds is 7. The van der Waals surface area contributed by atoms with Crippen LogP contribution in [0.2, 0.25) is 0 Å². The number of benzene rings is 2. The molecule has 0 amide bonds. The zero-order chi connectivity index (χ0) is 21.5. The third-order valence-electron chi connectivity index (χ3n) is 3.98. The quantitative estimate of drug-likeness (QED) is 0.258. The van der Waals surface area contributed by atoms with Gasteiger partial charge in [-0.3, -0.25) is 5.43 Å². The molecular formula is C22H21N3O4S. The maximum Gasteiger partial charge on any atom is 0.350 e. The van der Waals surface area contributed by atoms with E-state index < -0.39 is 5.97 Å². The summed E-state index contributed by atoms with van der Waals surface area (Å²) in [4.78, 5) is 28.8. The van der Waals surface area contributed by atoms with E-state index in [4.69, 9.17) is 9.47 Å². The number of nitrogens with one attached hydrogen (secondary N) is 1. The van der Waals surface area contributed by atoms with Gasteiger partial charge in [-0.1, -0.05) is 29.0 Å². The Morgan fingerprint density at radius 2 is 1.90 bits per heavy atom. The van der Waals surface area contributed by atoms with Crippen LogP contribution in [0.3, 0.4) is 0 Å². The SMILES string of the molecule is CCOC(=O)c1sc(N/N=C\c2ccc(OC(=O)c3cccc(C)c3)cc2)nc1C. The summed E-state index contributed by atoms with van der Waals surface area (Å²) in [7, 11) is 0. The van der Waals surface area contributed by atoms with Crippen molar-refractivity contribution in [3.05, 3.63) is 75.8 Å². The molecule has 1 N–H and O–H groups in total. The molecule has 2 aromatic carbocycles. The van der Waals surface area contributed by atoms with Crippen molar-refractivity contribution in [3.8, 4) is 5.75 Å². The number of nitrogens with zero attached hydrogens (tertiary/aromatic N) is 2. The van der Waals surface area contributed by atoms with Crippen LogP contribution >= 0.6 is 11.3 Å². The van der Waals surface area contributed by atoms with Crippen molar-refractivity contribution in [3.63, 3.8) is 0 Å². The smallest absolute Gasteiger partial charge is 0.350 e. The maximum atomic E-state index is 12.2. The van der Waals surface area contributed by atoms with Gasteiger partial charge >= 0.3 is 11.9 Å². The van der Waals surface area contributed by atoms with Gasteiger partial charge in [0, 0.05) is 0 Å². The van der Waals surface area contributed by atoms with Gasteiger partial charge in [0.25, 0.3) is 0 Å². The van der Waals surface area contributed by atoms with Gasteiger partial charge in [-0.05, 0) is 62.7 Å². The first-order valence-electron chi connectivity index (χ1n) is 9.29. The molecule has 0 aliphatic heterocycles. The van der Waals surface area contributed by atoms with Crippen molar-refractivity contribution >= 4 is 34.6 Å². The second-order valence-electron chi connectivity index (χ2n) is 6.35. The summed E-state index contributed by atoms with van der Waals surface area (Å²) >= 11 is 1.18. The Labute approximate surface area is 178 Å². The first-order chi connectivity index (χ1) is 14.5. The molecule has 0 radical (unpaired) electrons. The second-order valence-corrected chi connectivity index (χ2v) is 7.35. The first-order valence-corrected chi connectivity index (χ1v) is 10.1. The molecule has 1 heterocycles. The number of ether oxygens (including phenoxy) is 2. The minimum Gasteiger partial charge on any atom is -0.462 e. The molecule has 30 heavy (non-hydrogen) atoms. The van der Waals surface area contributed by atoms with Gasteiger partial charge < -0.3 is 9.47 Å². The van der Waals surface area contributed by atoms with E-state index in [-0.39, 0.29) is 5.97 Å². The zero-order valence-corrected chi connectivity index (χ0v) is 17.7. The highest BCUT2D eigenvalue weighted by molar-refractivity contribution is 7.17. The fourth-order valence-electron chi connectivity index (χ4n) is 2.55. The molecule has 0 aliphatic carbocycles. The average molecular weight is 423 g/mol. The molecule has 0 saturated heterocycles. The topological polar surface area (TPSA) is 89.9 Å². The van der Waals surface area contributed by atoms with E-state index in [1.54, 1.807) is 56.5 Å². The van der Waals surface area contributed by atoms with Crippen LogP contribution in [0.25, 0.3) is 0 Å². The molecule has 1 aromatic heterocycles. The summed E-state index contributed by atoms with van der Waals surface area (Å²) in [5.74, 6) is -0.347. The number of hydrogen-bond acceptors (Lipinski definition) is 8. The fraction of sp³-hybridized carbons (Fsp3) is 0.182. The molecule has 0 bridgehead atoms. The van der Waals surface area contributed by atoms with Crippen LogP contribution in [-0.2, 0) is 4.74 Å². The molecule has 3 aromatic rings. The van der Waals surface area contributed by atoms with Gasteiger partial charge in [-0.25, -0.2) is 14.6 Å². The number of aromatic nitrogens is 1. The minimum atomic E-state index is -0.404. The van der Waals surface area contributed by atoms with Gasteiger partial charge in [-0.2, -0.15) is 5.10 Å². The summed E-state index contributed by atoms with van der Waals surface area (Å²) in [5, 5.41) is 4.63. The molecule has 0 unspecified atom stereocenters. The van der Waals surface area contributed by atoms with Crippen molar-refractivity contribution < 1.29 is 19.1 Å². The van der Waals surface area contributed by atoms with Crippen molar-refractivity contribution in [2.75, 3.05) is 12.0 Å². The Morgan fingerprint density at radius 3 is 2.60 bits per heavy atom. The van der Waals surface area contributed by atoms with Gasteiger partial charge in [0.15, 0.2) is 0 Å².